The fraction of sp³-hybridized carbons (Fsp3) is 0.150. The summed E-state index contributed by atoms with van der Waals surface area (Å²) in [4.78, 5) is 23.0. The van der Waals surface area contributed by atoms with Crippen molar-refractivity contribution in [3.63, 3.8) is 0 Å². The maximum Gasteiger partial charge on any atom is 0.354 e. The number of carboxylic acids is 1. The van der Waals surface area contributed by atoms with Gasteiger partial charge in [0.05, 0.1) is 23.3 Å². The van der Waals surface area contributed by atoms with Crippen LogP contribution in [0, 0.1) is 29.2 Å². The van der Waals surface area contributed by atoms with E-state index in [-0.39, 0.29) is 38.0 Å². The summed E-state index contributed by atoms with van der Waals surface area (Å²) >= 11 is 0. The predicted octanol–water partition coefficient (Wildman–Crippen LogP) is 3.51. The smallest absolute Gasteiger partial charge is 0.354 e. The first-order chi connectivity index (χ1) is 13.2. The van der Waals surface area contributed by atoms with Crippen molar-refractivity contribution in [2.75, 3.05) is 0 Å². The number of hydrogen-bond acceptors (Lipinski definition) is 5. The normalized spacial score (nSPS) is 10.7. The quantitative estimate of drug-likeness (QED) is 0.379. The Morgan fingerprint density at radius 3 is 2.34 bits per heavy atom. The molecule has 0 aliphatic heterocycles. The molecule has 9 heteroatoms. The fourth-order valence-corrected chi connectivity index (χ4v) is 2.62. The number of aromatic carboxylic acids is 1. The van der Waals surface area contributed by atoms with Gasteiger partial charge in [-0.2, -0.15) is 0 Å². The number of halogens is 2. The van der Waals surface area contributed by atoms with Crippen LogP contribution in [0.3, 0.4) is 0 Å². The first-order valence-corrected chi connectivity index (χ1v) is 8.11. The van der Waals surface area contributed by atoms with Crippen LogP contribution >= 0.6 is 0 Å². The van der Waals surface area contributed by atoms with Gasteiger partial charge in [-0.05, 0) is 37.7 Å². The minimum absolute atomic E-state index is 0. The van der Waals surface area contributed by atoms with Gasteiger partial charge in [-0.3, -0.25) is 0 Å². The zero-order chi connectivity index (χ0) is 20.5. The number of pyridine rings is 3. The van der Waals surface area contributed by atoms with E-state index < -0.39 is 28.8 Å². The van der Waals surface area contributed by atoms with E-state index in [0.29, 0.717) is 11.4 Å². The third-order valence-electron chi connectivity index (χ3n) is 4.22. The Balaban J connectivity index is 0.00000300. The average Bonchev–Trinajstić information content (AvgIpc) is 2.69. The Hall–Kier alpha value is -3.04. The summed E-state index contributed by atoms with van der Waals surface area (Å²) in [7, 11) is 0. The van der Waals surface area contributed by atoms with Crippen LogP contribution in [0.5, 0.6) is 0 Å². The number of nitrogens with zero attached hydrogens (tertiary/aromatic N) is 4. The number of rotatable bonds is 4. The van der Waals surface area contributed by atoms with E-state index in [1.165, 1.54) is 18.2 Å². The third-order valence-corrected chi connectivity index (χ3v) is 4.22. The molecular formula is C20H13F2N4O2Pt-. The molecule has 3 aromatic rings. The van der Waals surface area contributed by atoms with Crippen molar-refractivity contribution in [3.05, 3.63) is 77.0 Å². The van der Waals surface area contributed by atoms with E-state index in [2.05, 4.69) is 21.0 Å². The first-order valence-electron chi connectivity index (χ1n) is 8.11. The fourth-order valence-electron chi connectivity index (χ4n) is 2.62. The van der Waals surface area contributed by atoms with Crippen molar-refractivity contribution in [3.8, 4) is 17.3 Å². The number of carbonyl (C=O) groups is 1. The summed E-state index contributed by atoms with van der Waals surface area (Å²) < 4.78 is 28.1. The van der Waals surface area contributed by atoms with Crippen molar-refractivity contribution in [1.29, 1.82) is 5.26 Å². The van der Waals surface area contributed by atoms with Crippen LogP contribution in [0.2, 0.25) is 0 Å². The minimum atomic E-state index is -1.16. The van der Waals surface area contributed by atoms with Gasteiger partial charge in [-0.25, -0.2) is 23.8 Å². The molecule has 0 atom stereocenters. The molecule has 0 saturated carbocycles. The molecule has 0 saturated heterocycles. The van der Waals surface area contributed by atoms with Crippen LogP contribution in [0.4, 0.5) is 8.78 Å². The second-order valence-electron chi connectivity index (χ2n) is 6.42. The standard InChI is InChI=1S/C20H13F2N4O2.Pt/c1-20(2,17-8-4-6-14(25-17)19(27)28)16-7-3-5-13(24-16)11-9-12(21)15(10-23)26-18(11)22;/h3-8H,1-2H3,(H,27,28);/q-1;. The summed E-state index contributed by atoms with van der Waals surface area (Å²) in [6.45, 7) is 3.57. The summed E-state index contributed by atoms with van der Waals surface area (Å²) in [5, 5.41) is 17.9. The Bertz CT molecular complexity index is 1130. The molecule has 3 heterocycles. The van der Waals surface area contributed by atoms with Crippen LogP contribution in [-0.2, 0) is 26.5 Å². The maximum atomic E-state index is 14.2. The Morgan fingerprint density at radius 2 is 1.72 bits per heavy atom. The minimum Gasteiger partial charge on any atom is -0.477 e. The van der Waals surface area contributed by atoms with Crippen LogP contribution < -0.4 is 0 Å². The third kappa shape index (κ3) is 4.36. The molecule has 0 unspecified atom stereocenters. The summed E-state index contributed by atoms with van der Waals surface area (Å²) in [6, 6.07) is 13.0. The van der Waals surface area contributed by atoms with Gasteiger partial charge in [0.15, 0.2) is 0 Å². The van der Waals surface area contributed by atoms with Gasteiger partial charge in [0.1, 0.15) is 11.6 Å². The molecule has 0 spiro atoms. The van der Waals surface area contributed by atoms with E-state index >= 15 is 0 Å². The maximum absolute atomic E-state index is 14.2. The molecule has 0 fully saturated rings. The molecule has 0 aliphatic rings. The van der Waals surface area contributed by atoms with E-state index in [1.807, 2.05) is 0 Å². The van der Waals surface area contributed by atoms with E-state index in [1.54, 1.807) is 38.1 Å². The van der Waals surface area contributed by atoms with Gasteiger partial charge in [0.25, 0.3) is 0 Å². The van der Waals surface area contributed by atoms with E-state index in [4.69, 9.17) is 10.4 Å². The second kappa shape index (κ2) is 8.54. The SMILES string of the molecule is CC(C)(c1cccc(C(=O)O)n1)c1cccc(-c2[c-]c(F)c(C#N)nc2F)n1.[Pt]. The Labute approximate surface area is 179 Å². The van der Waals surface area contributed by atoms with Gasteiger partial charge in [-0.15, -0.1) is 0 Å². The molecule has 150 valence electrons. The number of nitriles is 1. The van der Waals surface area contributed by atoms with Crippen LogP contribution in [0.1, 0.15) is 41.4 Å². The van der Waals surface area contributed by atoms with Gasteiger partial charge < -0.3 is 15.1 Å². The second-order valence-corrected chi connectivity index (χ2v) is 6.42. The van der Waals surface area contributed by atoms with Gasteiger partial charge in [0, 0.05) is 32.2 Å². The van der Waals surface area contributed by atoms with E-state index in [0.717, 1.165) is 0 Å². The molecule has 6 nitrogen and oxygen atoms in total. The molecule has 1 N–H and O–H groups in total. The number of carboxylic acid groups (broad SMARTS) is 1. The molecule has 0 aromatic carbocycles. The molecule has 29 heavy (non-hydrogen) atoms. The zero-order valence-corrected chi connectivity index (χ0v) is 17.5. The van der Waals surface area contributed by atoms with Crippen molar-refractivity contribution in [2.24, 2.45) is 0 Å². The van der Waals surface area contributed by atoms with Crippen molar-refractivity contribution >= 4 is 5.97 Å². The Morgan fingerprint density at radius 1 is 1.10 bits per heavy atom. The zero-order valence-electron chi connectivity index (χ0n) is 15.2. The van der Waals surface area contributed by atoms with Crippen molar-refractivity contribution < 1.29 is 39.7 Å². The first kappa shape index (κ1) is 22.2. The molecule has 0 radical (unpaired) electrons. The molecule has 0 aliphatic carbocycles. The monoisotopic (exact) mass is 574 g/mol. The predicted molar refractivity (Wildman–Crippen MR) is 94.3 cm³/mol. The molecule has 3 aromatic heterocycles. The summed E-state index contributed by atoms with van der Waals surface area (Å²) in [5.41, 5.74) is -0.943. The average molecular weight is 574 g/mol. The molecule has 3 rings (SSSR count). The number of aromatic nitrogens is 3. The molecular weight excluding hydrogens is 561 g/mol. The van der Waals surface area contributed by atoms with Gasteiger partial charge in [0.2, 0.25) is 0 Å². The molecule has 0 amide bonds. The van der Waals surface area contributed by atoms with Crippen LogP contribution in [-0.4, -0.2) is 26.0 Å². The topological polar surface area (TPSA) is 99.8 Å². The summed E-state index contributed by atoms with van der Waals surface area (Å²) in [5.74, 6) is -3.29. The largest absolute Gasteiger partial charge is 0.477 e. The number of hydrogen-bond donors (Lipinski definition) is 1. The van der Waals surface area contributed by atoms with Gasteiger partial charge in [-0.1, -0.05) is 29.8 Å². The van der Waals surface area contributed by atoms with E-state index in [9.17, 15) is 13.6 Å². The van der Waals surface area contributed by atoms with Gasteiger partial charge >= 0.3 is 5.97 Å². The summed E-state index contributed by atoms with van der Waals surface area (Å²) in [6.07, 6.45) is 0. The van der Waals surface area contributed by atoms with Crippen LogP contribution in [0.15, 0.2) is 36.4 Å². The Kier molecular flexibility index (Phi) is 6.55. The molecule has 0 bridgehead atoms. The van der Waals surface area contributed by atoms with Crippen LogP contribution in [0.25, 0.3) is 11.3 Å². The van der Waals surface area contributed by atoms with Crippen molar-refractivity contribution in [1.82, 2.24) is 15.0 Å². The van der Waals surface area contributed by atoms with Crippen molar-refractivity contribution in [2.45, 2.75) is 19.3 Å².